The van der Waals surface area contributed by atoms with Gasteiger partial charge in [0.2, 0.25) is 11.8 Å². The van der Waals surface area contributed by atoms with Gasteiger partial charge in [-0.25, -0.2) is 0 Å². The van der Waals surface area contributed by atoms with E-state index in [4.69, 9.17) is 0 Å². The molecule has 5 heteroatoms. The Balaban J connectivity index is 2.11. The largest absolute Gasteiger partial charge is 0.344 e. The third-order valence-electron chi connectivity index (χ3n) is 3.25. The average Bonchev–Trinajstić information content (AvgIpc) is 2.54. The summed E-state index contributed by atoms with van der Waals surface area (Å²) < 4.78 is 1.02. The van der Waals surface area contributed by atoms with Crippen LogP contribution in [0.15, 0.2) is 28.7 Å². The summed E-state index contributed by atoms with van der Waals surface area (Å²) in [5.74, 6) is -0.0326. The third kappa shape index (κ3) is 3.56. The van der Waals surface area contributed by atoms with Crippen molar-refractivity contribution in [1.82, 2.24) is 10.2 Å². The summed E-state index contributed by atoms with van der Waals surface area (Å²) in [6.45, 7) is 2.95. The fraction of sp³-hybridized carbons (Fsp3) is 0.429. The molecule has 1 aromatic carbocycles. The molecule has 0 aromatic heterocycles. The van der Waals surface area contributed by atoms with Gasteiger partial charge in [0, 0.05) is 24.0 Å². The van der Waals surface area contributed by atoms with Crippen molar-refractivity contribution in [2.75, 3.05) is 6.54 Å². The highest BCUT2D eigenvalue weighted by Crippen LogP contribution is 2.14. The Kier molecular flexibility index (Phi) is 4.58. The molecule has 102 valence electrons. The first-order valence-corrected chi connectivity index (χ1v) is 7.22. The van der Waals surface area contributed by atoms with Gasteiger partial charge in [0.05, 0.1) is 0 Å². The van der Waals surface area contributed by atoms with Crippen LogP contribution in [0, 0.1) is 0 Å². The molecule has 1 unspecified atom stereocenters. The summed E-state index contributed by atoms with van der Waals surface area (Å²) in [7, 11) is 0. The summed E-state index contributed by atoms with van der Waals surface area (Å²) in [5.41, 5.74) is 1.07. The Morgan fingerprint density at radius 1 is 1.32 bits per heavy atom. The Labute approximate surface area is 121 Å². The zero-order chi connectivity index (χ0) is 13.8. The van der Waals surface area contributed by atoms with Gasteiger partial charge in [0.1, 0.15) is 6.04 Å². The van der Waals surface area contributed by atoms with E-state index in [0.29, 0.717) is 25.9 Å². The zero-order valence-electron chi connectivity index (χ0n) is 10.9. The van der Waals surface area contributed by atoms with Crippen molar-refractivity contribution in [3.8, 4) is 0 Å². The summed E-state index contributed by atoms with van der Waals surface area (Å²) in [5, 5.41) is 2.77. The molecule has 19 heavy (non-hydrogen) atoms. The number of hydrogen-bond donors (Lipinski definition) is 1. The second-order valence-corrected chi connectivity index (χ2v) is 5.58. The van der Waals surface area contributed by atoms with Crippen LogP contribution in [0.5, 0.6) is 0 Å². The Morgan fingerprint density at radius 2 is 2.00 bits per heavy atom. The van der Waals surface area contributed by atoms with E-state index >= 15 is 0 Å². The molecule has 1 heterocycles. The quantitative estimate of drug-likeness (QED) is 0.925. The van der Waals surface area contributed by atoms with E-state index in [1.54, 1.807) is 4.90 Å². The van der Waals surface area contributed by atoms with Crippen LogP contribution >= 0.6 is 15.9 Å². The smallest absolute Gasteiger partial charge is 0.245 e. The monoisotopic (exact) mass is 324 g/mol. The van der Waals surface area contributed by atoms with E-state index in [0.717, 1.165) is 10.0 Å². The first kappa shape index (κ1) is 14.1. The summed E-state index contributed by atoms with van der Waals surface area (Å²) in [6.07, 6.45) is 1.00. The Hall–Kier alpha value is -1.36. The molecule has 0 bridgehead atoms. The van der Waals surface area contributed by atoms with E-state index in [1.807, 2.05) is 31.2 Å². The molecule has 0 aliphatic carbocycles. The van der Waals surface area contributed by atoms with Crippen LogP contribution in [0.3, 0.4) is 0 Å². The van der Waals surface area contributed by atoms with Gasteiger partial charge in [-0.1, -0.05) is 35.0 Å². The van der Waals surface area contributed by atoms with E-state index in [1.165, 1.54) is 0 Å². The molecule has 2 rings (SSSR count). The minimum absolute atomic E-state index is 0.0104. The van der Waals surface area contributed by atoms with Crippen molar-refractivity contribution in [1.29, 1.82) is 0 Å². The molecule has 0 spiro atoms. The first-order chi connectivity index (χ1) is 9.10. The number of rotatable bonds is 3. The van der Waals surface area contributed by atoms with E-state index in [-0.39, 0.29) is 17.9 Å². The maximum absolute atomic E-state index is 12.3. The lowest BCUT2D eigenvalue weighted by atomic mass is 10.1. The average molecular weight is 325 g/mol. The van der Waals surface area contributed by atoms with Crippen LogP contribution in [-0.4, -0.2) is 29.3 Å². The van der Waals surface area contributed by atoms with Gasteiger partial charge in [-0.15, -0.1) is 0 Å². The van der Waals surface area contributed by atoms with E-state index < -0.39 is 0 Å². The molecule has 1 fully saturated rings. The van der Waals surface area contributed by atoms with Gasteiger partial charge in [-0.3, -0.25) is 9.59 Å². The van der Waals surface area contributed by atoms with Crippen molar-refractivity contribution in [2.24, 2.45) is 0 Å². The van der Waals surface area contributed by atoms with Crippen molar-refractivity contribution in [3.63, 3.8) is 0 Å². The number of amides is 2. The van der Waals surface area contributed by atoms with Crippen molar-refractivity contribution in [3.05, 3.63) is 34.3 Å². The highest BCUT2D eigenvalue weighted by atomic mass is 79.9. The molecule has 1 saturated heterocycles. The van der Waals surface area contributed by atoms with Gasteiger partial charge in [-0.2, -0.15) is 0 Å². The molecular weight excluding hydrogens is 308 g/mol. The number of carbonyl (C=O) groups is 2. The number of halogens is 1. The maximum atomic E-state index is 12.3. The van der Waals surface area contributed by atoms with Crippen LogP contribution in [0.4, 0.5) is 0 Å². The number of nitrogens with one attached hydrogen (secondary N) is 1. The lowest BCUT2D eigenvalue weighted by Gasteiger charge is -2.23. The molecule has 1 aliphatic rings. The van der Waals surface area contributed by atoms with Gasteiger partial charge in [0.25, 0.3) is 0 Å². The Morgan fingerprint density at radius 3 is 2.63 bits per heavy atom. The minimum atomic E-state index is -0.384. The third-order valence-corrected chi connectivity index (χ3v) is 3.78. The van der Waals surface area contributed by atoms with Crippen LogP contribution in [0.25, 0.3) is 0 Å². The van der Waals surface area contributed by atoms with Gasteiger partial charge in [0.15, 0.2) is 0 Å². The molecular formula is C14H17BrN2O2. The molecule has 0 saturated carbocycles. The van der Waals surface area contributed by atoms with Crippen molar-refractivity contribution < 1.29 is 9.59 Å². The number of nitrogens with zero attached hydrogens (tertiary/aromatic N) is 1. The molecule has 1 aliphatic heterocycles. The van der Waals surface area contributed by atoms with Gasteiger partial charge >= 0.3 is 0 Å². The fourth-order valence-electron chi connectivity index (χ4n) is 2.14. The van der Waals surface area contributed by atoms with Crippen LogP contribution < -0.4 is 5.32 Å². The lowest BCUT2D eigenvalue weighted by molar-refractivity contribution is -0.134. The van der Waals surface area contributed by atoms with E-state index in [2.05, 4.69) is 21.2 Å². The number of benzene rings is 1. The first-order valence-electron chi connectivity index (χ1n) is 6.42. The fourth-order valence-corrected chi connectivity index (χ4v) is 2.40. The molecule has 1 atom stereocenters. The normalized spacial score (nSPS) is 20.1. The second-order valence-electron chi connectivity index (χ2n) is 4.66. The summed E-state index contributed by atoms with van der Waals surface area (Å²) in [6, 6.07) is 7.50. The number of hydrogen-bond acceptors (Lipinski definition) is 2. The molecule has 4 nitrogen and oxygen atoms in total. The highest BCUT2D eigenvalue weighted by Gasteiger charge is 2.28. The number of carbonyl (C=O) groups excluding carboxylic acids is 2. The maximum Gasteiger partial charge on any atom is 0.245 e. The predicted octanol–water partition coefficient (Wildman–Crippen LogP) is 2.08. The van der Waals surface area contributed by atoms with Crippen molar-refractivity contribution >= 4 is 27.7 Å². The summed E-state index contributed by atoms with van der Waals surface area (Å²) >= 11 is 3.39. The Bertz CT molecular complexity index is 473. The van der Waals surface area contributed by atoms with Crippen LogP contribution in [0.1, 0.15) is 25.3 Å². The topological polar surface area (TPSA) is 49.4 Å². The molecule has 1 N–H and O–H groups in total. The second kappa shape index (κ2) is 6.19. The SMILES string of the molecule is CCC1NC(=O)CCN(Cc2ccc(Br)cc2)C1=O. The zero-order valence-corrected chi connectivity index (χ0v) is 12.4. The van der Waals surface area contributed by atoms with Gasteiger partial charge in [-0.05, 0) is 24.1 Å². The standard InChI is InChI=1S/C14H17BrN2O2/c1-2-12-14(19)17(8-7-13(18)16-12)9-10-3-5-11(15)6-4-10/h3-6,12H,2,7-9H2,1H3,(H,16,18). The highest BCUT2D eigenvalue weighted by molar-refractivity contribution is 9.10. The van der Waals surface area contributed by atoms with Crippen LogP contribution in [-0.2, 0) is 16.1 Å². The summed E-state index contributed by atoms with van der Waals surface area (Å²) in [4.78, 5) is 25.6. The van der Waals surface area contributed by atoms with E-state index in [9.17, 15) is 9.59 Å². The van der Waals surface area contributed by atoms with Gasteiger partial charge < -0.3 is 10.2 Å². The minimum Gasteiger partial charge on any atom is -0.344 e. The molecule has 0 radical (unpaired) electrons. The van der Waals surface area contributed by atoms with Crippen molar-refractivity contribution in [2.45, 2.75) is 32.4 Å². The van der Waals surface area contributed by atoms with Crippen LogP contribution in [0.2, 0.25) is 0 Å². The predicted molar refractivity (Wildman–Crippen MR) is 76.4 cm³/mol. The molecule has 2 amide bonds. The molecule has 1 aromatic rings. The lowest BCUT2D eigenvalue weighted by Crippen LogP contribution is -2.43.